The SMILES string of the molecule is Cl.O=C1NCCN2CCCC12. The van der Waals surface area contributed by atoms with Crippen molar-refractivity contribution in [1.29, 1.82) is 0 Å². The van der Waals surface area contributed by atoms with Gasteiger partial charge in [-0.2, -0.15) is 0 Å². The van der Waals surface area contributed by atoms with Crippen LogP contribution in [0.25, 0.3) is 0 Å². The maximum Gasteiger partial charge on any atom is 0.237 e. The van der Waals surface area contributed by atoms with Crippen LogP contribution < -0.4 is 5.32 Å². The number of carbonyl (C=O) groups excluding carboxylic acids is 1. The Labute approximate surface area is 72.5 Å². The first kappa shape index (κ1) is 8.81. The number of piperazine rings is 1. The van der Waals surface area contributed by atoms with Gasteiger partial charge in [0.2, 0.25) is 5.91 Å². The van der Waals surface area contributed by atoms with Crippen LogP contribution in [0, 0.1) is 0 Å². The van der Waals surface area contributed by atoms with Gasteiger partial charge in [-0.25, -0.2) is 0 Å². The van der Waals surface area contributed by atoms with Gasteiger partial charge in [0, 0.05) is 13.1 Å². The van der Waals surface area contributed by atoms with Crippen molar-refractivity contribution < 1.29 is 4.79 Å². The summed E-state index contributed by atoms with van der Waals surface area (Å²) in [6, 6.07) is 0.216. The minimum atomic E-state index is 0. The molecule has 2 heterocycles. The Morgan fingerprint density at radius 1 is 1.45 bits per heavy atom. The molecule has 1 N–H and O–H groups in total. The van der Waals surface area contributed by atoms with Gasteiger partial charge in [0.25, 0.3) is 0 Å². The molecule has 2 rings (SSSR count). The molecule has 0 saturated carbocycles. The third-order valence-electron chi connectivity index (χ3n) is 2.36. The summed E-state index contributed by atoms with van der Waals surface area (Å²) >= 11 is 0. The van der Waals surface area contributed by atoms with Crippen molar-refractivity contribution in [3.63, 3.8) is 0 Å². The lowest BCUT2D eigenvalue weighted by Gasteiger charge is -2.28. The van der Waals surface area contributed by atoms with E-state index in [0.29, 0.717) is 0 Å². The van der Waals surface area contributed by atoms with E-state index in [9.17, 15) is 4.79 Å². The molecule has 1 unspecified atom stereocenters. The number of carbonyl (C=O) groups is 1. The lowest BCUT2D eigenvalue weighted by atomic mass is 10.2. The van der Waals surface area contributed by atoms with Crippen molar-refractivity contribution >= 4 is 18.3 Å². The van der Waals surface area contributed by atoms with E-state index in [1.165, 1.54) is 6.42 Å². The van der Waals surface area contributed by atoms with E-state index in [0.717, 1.165) is 26.1 Å². The molecule has 0 spiro atoms. The Balaban J connectivity index is 0.000000605. The zero-order valence-electron chi connectivity index (χ0n) is 6.38. The minimum absolute atomic E-state index is 0. The number of amides is 1. The van der Waals surface area contributed by atoms with Crippen molar-refractivity contribution in [1.82, 2.24) is 10.2 Å². The predicted octanol–water partition coefficient (Wildman–Crippen LogP) is 0.00240. The number of hydrogen-bond acceptors (Lipinski definition) is 2. The highest BCUT2D eigenvalue weighted by molar-refractivity contribution is 5.85. The molecule has 3 nitrogen and oxygen atoms in total. The molecule has 4 heteroatoms. The molecule has 1 atom stereocenters. The molecule has 11 heavy (non-hydrogen) atoms. The average Bonchev–Trinajstić information content (AvgIpc) is 2.36. The first-order valence-corrected chi connectivity index (χ1v) is 3.90. The molecule has 0 aromatic carbocycles. The largest absolute Gasteiger partial charge is 0.353 e. The maximum absolute atomic E-state index is 11.1. The van der Waals surface area contributed by atoms with Gasteiger partial charge in [0.15, 0.2) is 0 Å². The molecule has 2 saturated heterocycles. The molecule has 1 amide bonds. The fourth-order valence-corrected chi connectivity index (χ4v) is 1.83. The highest BCUT2D eigenvalue weighted by Gasteiger charge is 2.32. The summed E-state index contributed by atoms with van der Waals surface area (Å²) in [6.45, 7) is 3.02. The van der Waals surface area contributed by atoms with E-state index < -0.39 is 0 Å². The van der Waals surface area contributed by atoms with E-state index >= 15 is 0 Å². The zero-order valence-corrected chi connectivity index (χ0v) is 7.19. The van der Waals surface area contributed by atoms with Gasteiger partial charge in [-0.05, 0) is 19.4 Å². The van der Waals surface area contributed by atoms with Crippen molar-refractivity contribution in [3.05, 3.63) is 0 Å². The van der Waals surface area contributed by atoms with Gasteiger partial charge < -0.3 is 5.32 Å². The van der Waals surface area contributed by atoms with Crippen LogP contribution in [-0.4, -0.2) is 36.5 Å². The minimum Gasteiger partial charge on any atom is -0.353 e. The smallest absolute Gasteiger partial charge is 0.237 e. The quantitative estimate of drug-likeness (QED) is 0.564. The Hall–Kier alpha value is -0.280. The van der Waals surface area contributed by atoms with E-state index in [4.69, 9.17) is 0 Å². The van der Waals surface area contributed by atoms with Crippen LogP contribution in [0.3, 0.4) is 0 Å². The first-order chi connectivity index (χ1) is 4.88. The summed E-state index contributed by atoms with van der Waals surface area (Å²) in [5.74, 6) is 0.240. The molecule has 64 valence electrons. The number of halogens is 1. The van der Waals surface area contributed by atoms with Gasteiger partial charge in [-0.3, -0.25) is 9.69 Å². The first-order valence-electron chi connectivity index (χ1n) is 3.90. The second-order valence-electron chi connectivity index (χ2n) is 2.99. The molecular weight excluding hydrogens is 164 g/mol. The van der Waals surface area contributed by atoms with Crippen molar-refractivity contribution in [2.24, 2.45) is 0 Å². The van der Waals surface area contributed by atoms with E-state index in [-0.39, 0.29) is 24.4 Å². The van der Waals surface area contributed by atoms with Gasteiger partial charge in [-0.15, -0.1) is 12.4 Å². The van der Waals surface area contributed by atoms with Gasteiger partial charge in [-0.1, -0.05) is 0 Å². The number of hydrogen-bond donors (Lipinski definition) is 1. The van der Waals surface area contributed by atoms with E-state index in [1.807, 2.05) is 0 Å². The van der Waals surface area contributed by atoms with Crippen LogP contribution in [-0.2, 0) is 4.79 Å². The number of fused-ring (bicyclic) bond motifs is 1. The molecule has 0 radical (unpaired) electrons. The van der Waals surface area contributed by atoms with Crippen molar-refractivity contribution in [2.45, 2.75) is 18.9 Å². The van der Waals surface area contributed by atoms with Gasteiger partial charge in [0.1, 0.15) is 0 Å². The number of rotatable bonds is 0. The topological polar surface area (TPSA) is 32.3 Å². The molecular formula is C7H13ClN2O. The fourth-order valence-electron chi connectivity index (χ4n) is 1.83. The average molecular weight is 177 g/mol. The van der Waals surface area contributed by atoms with Gasteiger partial charge >= 0.3 is 0 Å². The van der Waals surface area contributed by atoms with Crippen LogP contribution in [0.1, 0.15) is 12.8 Å². The molecule has 2 aliphatic rings. The molecule has 0 aromatic rings. The van der Waals surface area contributed by atoms with E-state index in [2.05, 4.69) is 10.2 Å². The Morgan fingerprint density at radius 3 is 3.00 bits per heavy atom. The Bertz CT molecular complexity index is 163. The lowest BCUT2D eigenvalue weighted by Crippen LogP contribution is -2.51. The van der Waals surface area contributed by atoms with E-state index in [1.54, 1.807) is 0 Å². The third kappa shape index (κ3) is 1.49. The Morgan fingerprint density at radius 2 is 2.27 bits per heavy atom. The zero-order chi connectivity index (χ0) is 6.97. The fraction of sp³-hybridized carbons (Fsp3) is 0.857. The standard InChI is InChI=1S/C7H12N2O.ClH/c10-7-6-2-1-4-9(6)5-3-8-7;/h6H,1-5H2,(H,8,10);1H. The van der Waals surface area contributed by atoms with Crippen LogP contribution in [0.4, 0.5) is 0 Å². The predicted molar refractivity (Wildman–Crippen MR) is 44.9 cm³/mol. The molecule has 0 bridgehead atoms. The molecule has 0 aliphatic carbocycles. The highest BCUT2D eigenvalue weighted by Crippen LogP contribution is 2.18. The number of nitrogens with one attached hydrogen (secondary N) is 1. The normalized spacial score (nSPS) is 30.5. The van der Waals surface area contributed by atoms with Crippen LogP contribution in [0.2, 0.25) is 0 Å². The van der Waals surface area contributed by atoms with Crippen LogP contribution in [0.15, 0.2) is 0 Å². The molecule has 0 aromatic heterocycles. The van der Waals surface area contributed by atoms with Crippen molar-refractivity contribution in [2.75, 3.05) is 19.6 Å². The van der Waals surface area contributed by atoms with Gasteiger partial charge in [0.05, 0.1) is 6.04 Å². The second-order valence-corrected chi connectivity index (χ2v) is 2.99. The van der Waals surface area contributed by atoms with Crippen LogP contribution >= 0.6 is 12.4 Å². The monoisotopic (exact) mass is 176 g/mol. The molecule has 2 fully saturated rings. The van der Waals surface area contributed by atoms with Crippen LogP contribution in [0.5, 0.6) is 0 Å². The van der Waals surface area contributed by atoms with Crippen molar-refractivity contribution in [3.8, 4) is 0 Å². The summed E-state index contributed by atoms with van der Waals surface area (Å²) < 4.78 is 0. The number of nitrogens with zero attached hydrogens (tertiary/aromatic N) is 1. The highest BCUT2D eigenvalue weighted by atomic mass is 35.5. The Kier molecular flexibility index (Phi) is 2.73. The molecule has 2 aliphatic heterocycles. The third-order valence-corrected chi connectivity index (χ3v) is 2.36. The maximum atomic E-state index is 11.1. The summed E-state index contributed by atoms with van der Waals surface area (Å²) in [5.41, 5.74) is 0. The summed E-state index contributed by atoms with van der Waals surface area (Å²) in [5, 5.41) is 2.87. The second kappa shape index (κ2) is 3.41. The lowest BCUT2D eigenvalue weighted by molar-refractivity contribution is -0.127. The summed E-state index contributed by atoms with van der Waals surface area (Å²) in [6.07, 6.45) is 2.25. The summed E-state index contributed by atoms with van der Waals surface area (Å²) in [4.78, 5) is 13.4. The summed E-state index contributed by atoms with van der Waals surface area (Å²) in [7, 11) is 0.